The van der Waals surface area contributed by atoms with Crippen molar-refractivity contribution < 1.29 is 0 Å². The molecule has 28 heavy (non-hydrogen) atoms. The molecule has 0 atom stereocenters. The minimum atomic E-state index is 0.928. The molecule has 0 saturated heterocycles. The molecule has 1 rings (SSSR count). The minimum Gasteiger partial charge on any atom is -0.296 e. The first-order valence-electron chi connectivity index (χ1n) is 9.04. The Morgan fingerprint density at radius 1 is 0.643 bits per heavy atom. The molecule has 0 unspecified atom stereocenters. The lowest BCUT2D eigenvalue weighted by molar-refractivity contribution is 1.29. The highest BCUT2D eigenvalue weighted by Gasteiger charge is 2.04. The van der Waals surface area contributed by atoms with Crippen molar-refractivity contribution in [3.8, 4) is 0 Å². The Balaban J connectivity index is 5.18. The Bertz CT molecular complexity index is 1190. The van der Waals surface area contributed by atoms with Gasteiger partial charge >= 0.3 is 0 Å². The third kappa shape index (κ3) is 4.44. The summed E-state index contributed by atoms with van der Waals surface area (Å²) in [5.74, 6) is 0. The van der Waals surface area contributed by atoms with Crippen molar-refractivity contribution in [1.82, 2.24) is 0 Å². The van der Waals surface area contributed by atoms with Crippen LogP contribution in [0.3, 0.4) is 0 Å². The molecular weight excluding hydrogens is 338 g/mol. The zero-order chi connectivity index (χ0) is 21.1. The quantitative estimate of drug-likeness (QED) is 0.653. The zero-order valence-corrected chi connectivity index (χ0v) is 17.0. The standard InChI is InChI=1S/C27H29N/c1-9-16-23-22(15-7)26(20(11-3)12-4)25(18-19-28-8)24(17-10-2)27(23)21(13-5)14-6/h9-19H,1-6H2,7-8H3/b22-15-,23-16-,24-17-,25-18+,28-19?. The summed E-state index contributed by atoms with van der Waals surface area (Å²) in [6.45, 7) is 25.7. The Morgan fingerprint density at radius 3 is 1.39 bits per heavy atom. The van der Waals surface area contributed by atoms with Crippen LogP contribution in [-0.2, 0) is 0 Å². The normalized spacial score (nSPS) is 13.5. The average Bonchev–Trinajstić information content (AvgIpc) is 2.71. The summed E-state index contributed by atoms with van der Waals surface area (Å²) in [6.07, 6.45) is 20.7. The van der Waals surface area contributed by atoms with Gasteiger partial charge in [-0.05, 0) is 55.5 Å². The van der Waals surface area contributed by atoms with E-state index in [0.29, 0.717) is 0 Å². The van der Waals surface area contributed by atoms with Gasteiger partial charge < -0.3 is 0 Å². The van der Waals surface area contributed by atoms with E-state index in [-0.39, 0.29) is 0 Å². The summed E-state index contributed by atoms with van der Waals surface area (Å²) in [5.41, 5.74) is 1.87. The number of aliphatic imine (C=N–C) groups is 1. The van der Waals surface area contributed by atoms with Crippen molar-refractivity contribution in [2.75, 3.05) is 7.05 Å². The van der Waals surface area contributed by atoms with E-state index in [0.717, 1.165) is 42.5 Å². The summed E-state index contributed by atoms with van der Waals surface area (Å²) in [5, 5.41) is 6.14. The van der Waals surface area contributed by atoms with Crippen LogP contribution in [0.4, 0.5) is 0 Å². The number of hydrogen-bond acceptors (Lipinski definition) is 1. The number of allylic oxidation sites excluding steroid dienone is 6. The number of hydrogen-bond donors (Lipinski definition) is 0. The van der Waals surface area contributed by atoms with Crippen molar-refractivity contribution in [1.29, 1.82) is 0 Å². The van der Waals surface area contributed by atoms with E-state index in [9.17, 15) is 0 Å². The molecule has 0 aliphatic heterocycles. The molecule has 1 aromatic rings. The van der Waals surface area contributed by atoms with Crippen LogP contribution in [0.5, 0.6) is 0 Å². The van der Waals surface area contributed by atoms with E-state index in [1.165, 1.54) is 0 Å². The minimum absolute atomic E-state index is 0.928. The highest BCUT2D eigenvalue weighted by molar-refractivity contribution is 5.91. The van der Waals surface area contributed by atoms with Gasteiger partial charge in [0.25, 0.3) is 0 Å². The first-order chi connectivity index (χ1) is 13.6. The number of benzene rings is 1. The summed E-state index contributed by atoms with van der Waals surface area (Å²) >= 11 is 0. The van der Waals surface area contributed by atoms with Crippen LogP contribution < -0.4 is 31.3 Å². The molecule has 0 amide bonds. The molecule has 0 spiro atoms. The second-order valence-corrected chi connectivity index (χ2v) is 5.80. The second-order valence-electron chi connectivity index (χ2n) is 5.80. The van der Waals surface area contributed by atoms with Crippen LogP contribution in [0.1, 0.15) is 6.92 Å². The van der Waals surface area contributed by atoms with E-state index in [1.807, 2.05) is 49.5 Å². The van der Waals surface area contributed by atoms with Crippen molar-refractivity contribution in [3.05, 3.63) is 107 Å². The fraction of sp³-hybridized carbons (Fsp3) is 0.0741. The number of rotatable bonds is 7. The molecule has 1 nitrogen and oxygen atoms in total. The van der Waals surface area contributed by atoms with Gasteiger partial charge in [0.1, 0.15) is 0 Å². The van der Waals surface area contributed by atoms with Gasteiger partial charge in [-0.25, -0.2) is 0 Å². The lowest BCUT2D eigenvalue weighted by atomic mass is 9.97. The molecule has 0 aliphatic rings. The van der Waals surface area contributed by atoms with Crippen LogP contribution in [0.25, 0.3) is 35.5 Å². The fourth-order valence-electron chi connectivity index (χ4n) is 3.23. The van der Waals surface area contributed by atoms with Crippen LogP contribution in [0.15, 0.2) is 80.9 Å². The third-order valence-electron chi connectivity index (χ3n) is 4.36. The molecule has 142 valence electrons. The first-order valence-corrected chi connectivity index (χ1v) is 9.04. The SMILES string of the molecule is C=C/C=c1\c(=C(C=C)C=C)c(=C\C=C)/c(=C\C=NC)c(=C(C=C)C=C)\c1=C/C. The van der Waals surface area contributed by atoms with Gasteiger partial charge in [-0.1, -0.05) is 94.2 Å². The summed E-state index contributed by atoms with van der Waals surface area (Å²) < 4.78 is 0. The number of nitrogens with zero attached hydrogens (tertiary/aromatic N) is 1. The van der Waals surface area contributed by atoms with Gasteiger partial charge in [-0.3, -0.25) is 4.99 Å². The zero-order valence-electron chi connectivity index (χ0n) is 17.0. The molecule has 0 bridgehead atoms. The van der Waals surface area contributed by atoms with E-state index in [4.69, 9.17) is 0 Å². The van der Waals surface area contributed by atoms with Gasteiger partial charge in [0.05, 0.1) is 0 Å². The Morgan fingerprint density at radius 2 is 1.04 bits per heavy atom. The molecule has 1 heteroatoms. The summed E-state index contributed by atoms with van der Waals surface area (Å²) in [6, 6.07) is 0. The maximum absolute atomic E-state index is 4.15. The van der Waals surface area contributed by atoms with Crippen molar-refractivity contribution in [2.24, 2.45) is 4.99 Å². The first kappa shape index (κ1) is 22.6. The molecule has 0 aliphatic carbocycles. The molecule has 0 radical (unpaired) electrons. The van der Waals surface area contributed by atoms with E-state index < -0.39 is 0 Å². The molecule has 1 aromatic carbocycles. The Hall–Kier alpha value is -3.45. The second kappa shape index (κ2) is 11.3. The van der Waals surface area contributed by atoms with E-state index in [1.54, 1.807) is 25.4 Å². The van der Waals surface area contributed by atoms with Crippen LogP contribution in [-0.4, -0.2) is 13.3 Å². The van der Waals surface area contributed by atoms with Gasteiger partial charge in [0.2, 0.25) is 0 Å². The van der Waals surface area contributed by atoms with Crippen molar-refractivity contribution >= 4 is 41.7 Å². The highest BCUT2D eigenvalue weighted by atomic mass is 14.6. The molecule has 0 heterocycles. The molecule has 0 N–H and O–H groups in total. The predicted molar refractivity (Wildman–Crippen MR) is 130 cm³/mol. The van der Waals surface area contributed by atoms with Crippen molar-refractivity contribution in [2.45, 2.75) is 6.92 Å². The van der Waals surface area contributed by atoms with Gasteiger partial charge in [0.15, 0.2) is 0 Å². The monoisotopic (exact) mass is 367 g/mol. The largest absolute Gasteiger partial charge is 0.296 e. The average molecular weight is 368 g/mol. The third-order valence-corrected chi connectivity index (χ3v) is 4.36. The Kier molecular flexibility index (Phi) is 9.12. The molecule has 0 fully saturated rings. The lowest BCUT2D eigenvalue weighted by Crippen LogP contribution is -2.66. The van der Waals surface area contributed by atoms with Crippen LogP contribution in [0, 0.1) is 0 Å². The summed E-state index contributed by atoms with van der Waals surface area (Å²) in [4.78, 5) is 4.15. The predicted octanol–water partition coefficient (Wildman–Crippen LogP) is 1.95. The van der Waals surface area contributed by atoms with Crippen LogP contribution in [0.2, 0.25) is 0 Å². The van der Waals surface area contributed by atoms with Crippen molar-refractivity contribution in [3.63, 3.8) is 0 Å². The van der Waals surface area contributed by atoms with Gasteiger partial charge in [-0.15, -0.1) is 0 Å². The molecular formula is C27H29N. The highest BCUT2D eigenvalue weighted by Crippen LogP contribution is 1.92. The maximum Gasteiger partial charge on any atom is 0.0277 e. The van der Waals surface area contributed by atoms with Crippen LogP contribution >= 0.6 is 0 Å². The Labute approximate surface area is 168 Å². The lowest BCUT2D eigenvalue weighted by Gasteiger charge is -2.06. The topological polar surface area (TPSA) is 12.4 Å². The smallest absolute Gasteiger partial charge is 0.0277 e. The summed E-state index contributed by atoms with van der Waals surface area (Å²) in [7, 11) is 1.75. The molecule has 0 aromatic heterocycles. The van der Waals surface area contributed by atoms with E-state index >= 15 is 0 Å². The van der Waals surface area contributed by atoms with Gasteiger partial charge in [0, 0.05) is 13.3 Å². The van der Waals surface area contributed by atoms with E-state index in [2.05, 4.69) is 50.5 Å². The fourth-order valence-corrected chi connectivity index (χ4v) is 3.23. The van der Waals surface area contributed by atoms with Gasteiger partial charge in [-0.2, -0.15) is 0 Å². The maximum atomic E-state index is 4.15. The molecule has 0 saturated carbocycles.